The fraction of sp³-hybridized carbons (Fsp3) is 0.467. The SMILES string of the molecule is Cc1nc(C)n(C[C@H]2CCCN2c2ncnc3[nH]ccc23)n1. The first-order chi connectivity index (χ1) is 10.7. The molecule has 3 aromatic rings. The van der Waals surface area contributed by atoms with Gasteiger partial charge in [-0.05, 0) is 32.8 Å². The molecule has 0 unspecified atom stereocenters. The second kappa shape index (κ2) is 5.08. The molecule has 0 amide bonds. The van der Waals surface area contributed by atoms with E-state index >= 15 is 0 Å². The molecule has 1 aliphatic heterocycles. The van der Waals surface area contributed by atoms with Gasteiger partial charge in [0.2, 0.25) is 0 Å². The van der Waals surface area contributed by atoms with Gasteiger partial charge in [-0.25, -0.2) is 19.6 Å². The molecule has 22 heavy (non-hydrogen) atoms. The molecule has 7 heteroatoms. The van der Waals surface area contributed by atoms with E-state index in [4.69, 9.17) is 0 Å². The predicted molar refractivity (Wildman–Crippen MR) is 83.8 cm³/mol. The van der Waals surface area contributed by atoms with E-state index in [0.29, 0.717) is 6.04 Å². The van der Waals surface area contributed by atoms with Crippen molar-refractivity contribution in [2.24, 2.45) is 0 Å². The van der Waals surface area contributed by atoms with Crippen LogP contribution in [0.15, 0.2) is 18.6 Å². The average molecular weight is 297 g/mol. The Morgan fingerprint density at radius 2 is 2.23 bits per heavy atom. The molecular formula is C15H19N7. The summed E-state index contributed by atoms with van der Waals surface area (Å²) in [4.78, 5) is 18.7. The highest BCUT2D eigenvalue weighted by Crippen LogP contribution is 2.29. The Bertz CT molecular complexity index is 803. The van der Waals surface area contributed by atoms with Crippen molar-refractivity contribution in [2.75, 3.05) is 11.4 Å². The lowest BCUT2D eigenvalue weighted by Gasteiger charge is -2.26. The zero-order valence-electron chi connectivity index (χ0n) is 12.8. The zero-order chi connectivity index (χ0) is 15.1. The largest absolute Gasteiger partial charge is 0.351 e. The summed E-state index contributed by atoms with van der Waals surface area (Å²) in [5.41, 5.74) is 0.892. The molecule has 4 rings (SSSR count). The molecule has 114 valence electrons. The average Bonchev–Trinajstić information content (AvgIpc) is 3.20. The molecule has 0 aromatic carbocycles. The van der Waals surface area contributed by atoms with Crippen LogP contribution in [-0.2, 0) is 6.54 Å². The first-order valence-electron chi connectivity index (χ1n) is 7.65. The minimum atomic E-state index is 0.396. The number of fused-ring (bicyclic) bond motifs is 1. The minimum absolute atomic E-state index is 0.396. The maximum Gasteiger partial charge on any atom is 0.147 e. The Kier molecular flexibility index (Phi) is 3.06. The number of aromatic nitrogens is 6. The Labute approximate surface area is 128 Å². The number of hydrogen-bond donors (Lipinski definition) is 1. The summed E-state index contributed by atoms with van der Waals surface area (Å²) in [5, 5.41) is 5.58. The molecule has 0 aliphatic carbocycles. The lowest BCUT2D eigenvalue weighted by molar-refractivity contribution is 0.495. The first-order valence-corrected chi connectivity index (χ1v) is 7.65. The van der Waals surface area contributed by atoms with Crippen LogP contribution in [0.5, 0.6) is 0 Å². The summed E-state index contributed by atoms with van der Waals surface area (Å²) in [6.45, 7) is 5.81. The van der Waals surface area contributed by atoms with E-state index in [1.807, 2.05) is 30.8 Å². The smallest absolute Gasteiger partial charge is 0.147 e. The summed E-state index contributed by atoms with van der Waals surface area (Å²) in [6.07, 6.45) is 5.87. The maximum absolute atomic E-state index is 4.53. The standard InChI is InChI=1S/C15H19N7/c1-10-19-11(2)22(20-10)8-12-4-3-7-21(12)15-13-5-6-16-14(13)17-9-18-15/h5-6,9,12H,3-4,7-8H2,1-2H3,(H,16,17,18)/t12-/m1/s1. The van der Waals surface area contributed by atoms with E-state index in [1.54, 1.807) is 6.33 Å². The van der Waals surface area contributed by atoms with Gasteiger partial charge in [0.1, 0.15) is 29.4 Å². The van der Waals surface area contributed by atoms with Gasteiger partial charge in [-0.3, -0.25) is 0 Å². The minimum Gasteiger partial charge on any atom is -0.351 e. The van der Waals surface area contributed by atoms with Crippen LogP contribution in [0.1, 0.15) is 24.5 Å². The molecule has 0 saturated carbocycles. The number of H-pyrrole nitrogens is 1. The number of nitrogens with one attached hydrogen (secondary N) is 1. The van der Waals surface area contributed by atoms with Gasteiger partial charge < -0.3 is 9.88 Å². The topological polar surface area (TPSA) is 75.5 Å². The van der Waals surface area contributed by atoms with Crippen molar-refractivity contribution in [3.05, 3.63) is 30.2 Å². The van der Waals surface area contributed by atoms with E-state index in [-0.39, 0.29) is 0 Å². The van der Waals surface area contributed by atoms with Crippen molar-refractivity contribution >= 4 is 16.9 Å². The van der Waals surface area contributed by atoms with Crippen LogP contribution >= 0.6 is 0 Å². The Balaban J connectivity index is 1.66. The molecule has 1 atom stereocenters. The van der Waals surface area contributed by atoms with Crippen molar-refractivity contribution in [1.82, 2.24) is 29.7 Å². The predicted octanol–water partition coefficient (Wildman–Crippen LogP) is 1.84. The van der Waals surface area contributed by atoms with E-state index in [0.717, 1.165) is 48.0 Å². The molecule has 1 saturated heterocycles. The van der Waals surface area contributed by atoms with Gasteiger partial charge in [0, 0.05) is 12.7 Å². The summed E-state index contributed by atoms with van der Waals surface area (Å²) >= 11 is 0. The van der Waals surface area contributed by atoms with Crippen LogP contribution in [0.3, 0.4) is 0 Å². The lowest BCUT2D eigenvalue weighted by atomic mass is 10.2. The van der Waals surface area contributed by atoms with E-state index in [2.05, 4.69) is 29.9 Å². The van der Waals surface area contributed by atoms with Crippen molar-refractivity contribution in [3.63, 3.8) is 0 Å². The van der Waals surface area contributed by atoms with Gasteiger partial charge in [0.05, 0.1) is 18.0 Å². The fourth-order valence-electron chi connectivity index (χ4n) is 3.33. The third-order valence-electron chi connectivity index (χ3n) is 4.33. The van der Waals surface area contributed by atoms with Gasteiger partial charge in [-0.15, -0.1) is 0 Å². The number of aromatic amines is 1. The number of aryl methyl sites for hydroxylation is 2. The summed E-state index contributed by atoms with van der Waals surface area (Å²) in [5.74, 6) is 2.82. The first kappa shape index (κ1) is 13.2. The second-order valence-electron chi connectivity index (χ2n) is 5.82. The van der Waals surface area contributed by atoms with Gasteiger partial charge in [0.15, 0.2) is 0 Å². The van der Waals surface area contributed by atoms with E-state index < -0.39 is 0 Å². The number of nitrogens with zero attached hydrogens (tertiary/aromatic N) is 6. The molecule has 0 spiro atoms. The van der Waals surface area contributed by atoms with Crippen LogP contribution in [0, 0.1) is 13.8 Å². The summed E-state index contributed by atoms with van der Waals surface area (Å²) in [6, 6.07) is 2.44. The Morgan fingerprint density at radius 3 is 3.05 bits per heavy atom. The van der Waals surface area contributed by atoms with Crippen LogP contribution < -0.4 is 4.90 Å². The number of hydrogen-bond acceptors (Lipinski definition) is 5. The van der Waals surface area contributed by atoms with Crippen molar-refractivity contribution in [1.29, 1.82) is 0 Å². The van der Waals surface area contributed by atoms with E-state index in [1.165, 1.54) is 6.42 Å². The maximum atomic E-state index is 4.53. The summed E-state index contributed by atoms with van der Waals surface area (Å²) < 4.78 is 2.01. The zero-order valence-corrected chi connectivity index (χ0v) is 12.8. The van der Waals surface area contributed by atoms with Gasteiger partial charge in [-0.1, -0.05) is 0 Å². The van der Waals surface area contributed by atoms with Crippen molar-refractivity contribution in [3.8, 4) is 0 Å². The van der Waals surface area contributed by atoms with E-state index in [9.17, 15) is 0 Å². The number of anilines is 1. The fourth-order valence-corrected chi connectivity index (χ4v) is 3.33. The van der Waals surface area contributed by atoms with Gasteiger partial charge in [0.25, 0.3) is 0 Å². The molecule has 4 heterocycles. The third-order valence-corrected chi connectivity index (χ3v) is 4.33. The molecule has 7 nitrogen and oxygen atoms in total. The van der Waals surface area contributed by atoms with Crippen molar-refractivity contribution in [2.45, 2.75) is 39.3 Å². The monoisotopic (exact) mass is 297 g/mol. The van der Waals surface area contributed by atoms with Gasteiger partial charge >= 0.3 is 0 Å². The molecule has 1 fully saturated rings. The lowest BCUT2D eigenvalue weighted by Crippen LogP contribution is -2.34. The normalized spacial score (nSPS) is 18.5. The molecular weight excluding hydrogens is 278 g/mol. The quantitative estimate of drug-likeness (QED) is 0.798. The highest BCUT2D eigenvalue weighted by Gasteiger charge is 2.28. The highest BCUT2D eigenvalue weighted by molar-refractivity contribution is 5.87. The molecule has 1 aliphatic rings. The highest BCUT2D eigenvalue weighted by atomic mass is 15.4. The third kappa shape index (κ3) is 2.13. The number of rotatable bonds is 3. The van der Waals surface area contributed by atoms with Crippen LogP contribution in [-0.4, -0.2) is 42.3 Å². The van der Waals surface area contributed by atoms with Crippen LogP contribution in [0.25, 0.3) is 11.0 Å². The molecule has 0 radical (unpaired) electrons. The molecule has 0 bridgehead atoms. The van der Waals surface area contributed by atoms with Crippen molar-refractivity contribution < 1.29 is 0 Å². The molecule has 1 N–H and O–H groups in total. The van der Waals surface area contributed by atoms with Crippen LogP contribution in [0.4, 0.5) is 5.82 Å². The second-order valence-corrected chi connectivity index (χ2v) is 5.82. The van der Waals surface area contributed by atoms with Crippen LogP contribution in [0.2, 0.25) is 0 Å². The Morgan fingerprint density at radius 1 is 1.32 bits per heavy atom. The summed E-state index contributed by atoms with van der Waals surface area (Å²) in [7, 11) is 0. The Hall–Kier alpha value is -2.44. The molecule has 3 aromatic heterocycles. The van der Waals surface area contributed by atoms with Gasteiger partial charge in [-0.2, -0.15) is 5.10 Å².